The zero-order valence-corrected chi connectivity index (χ0v) is 19.3. The van der Waals surface area contributed by atoms with Crippen molar-refractivity contribution in [2.45, 2.75) is 58.5 Å². The molecule has 0 aliphatic rings. The van der Waals surface area contributed by atoms with Crippen molar-refractivity contribution >= 4 is 9.24 Å². The summed E-state index contributed by atoms with van der Waals surface area (Å²) in [6.07, 6.45) is 0.963. The summed E-state index contributed by atoms with van der Waals surface area (Å²) in [5.74, 6) is 0. The van der Waals surface area contributed by atoms with Gasteiger partial charge in [0.15, 0.2) is 0 Å². The third-order valence-corrected chi connectivity index (χ3v) is 5.72. The first-order chi connectivity index (χ1) is 13.1. The van der Waals surface area contributed by atoms with Crippen LogP contribution in [0.2, 0.25) is 0 Å². The number of rotatable bonds is 3. The highest BCUT2D eigenvalue weighted by Gasteiger charge is 2.32. The zero-order valence-electron chi connectivity index (χ0n) is 18.1. The van der Waals surface area contributed by atoms with Gasteiger partial charge in [0.2, 0.25) is 0 Å². The standard InChI is InChI=1S/C27H33P/c1-26(2,3)24-21(18-28)17-22(19-13-9-7-10-14-19)23(25(24)27(4,5)6)20-15-11-8-12-16-20/h7-17H,18,28H2,1-6H3. The highest BCUT2D eigenvalue weighted by molar-refractivity contribution is 7.15. The maximum Gasteiger partial charge on any atom is -0.00648 e. The van der Waals surface area contributed by atoms with Gasteiger partial charge in [0.05, 0.1) is 0 Å². The van der Waals surface area contributed by atoms with E-state index in [-0.39, 0.29) is 10.8 Å². The molecule has 1 heteroatoms. The van der Waals surface area contributed by atoms with Gasteiger partial charge in [0, 0.05) is 0 Å². The van der Waals surface area contributed by atoms with Gasteiger partial charge in [-0.2, -0.15) is 0 Å². The predicted molar refractivity (Wildman–Crippen MR) is 128 cm³/mol. The van der Waals surface area contributed by atoms with Crippen molar-refractivity contribution in [2.75, 3.05) is 0 Å². The minimum absolute atomic E-state index is 0.0349. The molecular weight excluding hydrogens is 355 g/mol. The quantitative estimate of drug-likeness (QED) is 0.399. The molecular formula is C27H33P. The second-order valence-electron chi connectivity index (χ2n) is 9.64. The number of hydrogen-bond donors (Lipinski definition) is 0. The molecule has 0 aliphatic carbocycles. The third kappa shape index (κ3) is 4.08. The van der Waals surface area contributed by atoms with E-state index in [9.17, 15) is 0 Å². The van der Waals surface area contributed by atoms with Gasteiger partial charge in [-0.15, -0.1) is 9.24 Å². The van der Waals surface area contributed by atoms with E-state index in [1.807, 2.05) is 0 Å². The molecule has 3 aromatic carbocycles. The first-order valence-corrected chi connectivity index (χ1v) is 11.0. The monoisotopic (exact) mass is 388 g/mol. The van der Waals surface area contributed by atoms with Crippen LogP contribution in [0.4, 0.5) is 0 Å². The van der Waals surface area contributed by atoms with E-state index in [2.05, 4.69) is 118 Å². The minimum atomic E-state index is 0.0349. The second-order valence-corrected chi connectivity index (χ2v) is 10.1. The molecule has 0 heterocycles. The lowest BCUT2D eigenvalue weighted by Crippen LogP contribution is -2.25. The summed E-state index contributed by atoms with van der Waals surface area (Å²) in [5.41, 5.74) is 9.81. The average Bonchev–Trinajstić information content (AvgIpc) is 2.66. The van der Waals surface area contributed by atoms with Gasteiger partial charge in [0.25, 0.3) is 0 Å². The fraction of sp³-hybridized carbons (Fsp3) is 0.333. The molecule has 0 amide bonds. The smallest absolute Gasteiger partial charge is 0.00648 e. The molecule has 146 valence electrons. The van der Waals surface area contributed by atoms with E-state index in [0.29, 0.717) is 0 Å². The molecule has 1 atom stereocenters. The Balaban J connectivity index is 2.55. The molecule has 0 fully saturated rings. The van der Waals surface area contributed by atoms with Crippen molar-refractivity contribution in [3.8, 4) is 22.3 Å². The third-order valence-electron chi connectivity index (χ3n) is 5.28. The highest BCUT2D eigenvalue weighted by Crippen LogP contribution is 2.47. The van der Waals surface area contributed by atoms with E-state index in [1.54, 1.807) is 0 Å². The molecule has 3 aromatic rings. The maximum absolute atomic E-state index is 2.95. The summed E-state index contributed by atoms with van der Waals surface area (Å²) in [7, 11) is 2.95. The van der Waals surface area contributed by atoms with E-state index < -0.39 is 0 Å². The van der Waals surface area contributed by atoms with Gasteiger partial charge < -0.3 is 0 Å². The molecule has 28 heavy (non-hydrogen) atoms. The predicted octanol–water partition coefficient (Wildman–Crippen LogP) is 7.99. The lowest BCUT2D eigenvalue weighted by molar-refractivity contribution is 0.528. The first kappa shape index (κ1) is 20.8. The van der Waals surface area contributed by atoms with Crippen LogP contribution in [0.15, 0.2) is 66.7 Å². The average molecular weight is 389 g/mol. The van der Waals surface area contributed by atoms with Crippen LogP contribution < -0.4 is 0 Å². The lowest BCUT2D eigenvalue weighted by Gasteiger charge is -2.36. The first-order valence-electron chi connectivity index (χ1n) is 10.2. The fourth-order valence-electron chi connectivity index (χ4n) is 4.26. The van der Waals surface area contributed by atoms with Gasteiger partial charge in [0.1, 0.15) is 0 Å². The fourth-order valence-corrected chi connectivity index (χ4v) is 4.58. The Hall–Kier alpha value is -1.91. The van der Waals surface area contributed by atoms with Crippen LogP contribution in [0.5, 0.6) is 0 Å². The number of hydrogen-bond acceptors (Lipinski definition) is 0. The van der Waals surface area contributed by atoms with Gasteiger partial charge in [-0.1, -0.05) is 102 Å². The van der Waals surface area contributed by atoms with Crippen molar-refractivity contribution in [2.24, 2.45) is 0 Å². The van der Waals surface area contributed by atoms with E-state index >= 15 is 0 Å². The maximum atomic E-state index is 2.95. The van der Waals surface area contributed by atoms with Crippen molar-refractivity contribution in [1.29, 1.82) is 0 Å². The van der Waals surface area contributed by atoms with Crippen molar-refractivity contribution in [3.63, 3.8) is 0 Å². The van der Waals surface area contributed by atoms with E-state index in [0.717, 1.165) is 6.16 Å². The van der Waals surface area contributed by atoms with Crippen LogP contribution in [0.1, 0.15) is 58.2 Å². The normalized spacial score (nSPS) is 12.2. The summed E-state index contributed by atoms with van der Waals surface area (Å²) in [5, 5.41) is 0. The Morgan fingerprint density at radius 2 is 1.11 bits per heavy atom. The molecule has 0 nitrogen and oxygen atoms in total. The molecule has 0 bridgehead atoms. The van der Waals surface area contributed by atoms with Crippen molar-refractivity contribution < 1.29 is 0 Å². The largest absolute Gasteiger partial charge is 0.133 e. The zero-order chi connectivity index (χ0) is 20.5. The van der Waals surface area contributed by atoms with Crippen LogP contribution in [-0.4, -0.2) is 0 Å². The van der Waals surface area contributed by atoms with Crippen LogP contribution in [0.3, 0.4) is 0 Å². The Labute approximate surface area is 173 Å². The minimum Gasteiger partial charge on any atom is -0.133 e. The second kappa shape index (κ2) is 7.84. The van der Waals surface area contributed by atoms with Crippen molar-refractivity contribution in [1.82, 2.24) is 0 Å². The Morgan fingerprint density at radius 3 is 1.54 bits per heavy atom. The Kier molecular flexibility index (Phi) is 5.83. The van der Waals surface area contributed by atoms with Crippen LogP contribution >= 0.6 is 9.24 Å². The summed E-state index contributed by atoms with van der Waals surface area (Å²) in [6, 6.07) is 24.2. The van der Waals surface area contributed by atoms with E-state index in [4.69, 9.17) is 0 Å². The molecule has 0 aromatic heterocycles. The number of benzene rings is 3. The summed E-state index contributed by atoms with van der Waals surface area (Å²) in [6.45, 7) is 14.1. The molecule has 0 N–H and O–H groups in total. The van der Waals surface area contributed by atoms with Crippen LogP contribution in [0.25, 0.3) is 22.3 Å². The van der Waals surface area contributed by atoms with Crippen molar-refractivity contribution in [3.05, 3.63) is 83.4 Å². The topological polar surface area (TPSA) is 0 Å². The summed E-state index contributed by atoms with van der Waals surface area (Å²) >= 11 is 0. The molecule has 1 unspecified atom stereocenters. The highest BCUT2D eigenvalue weighted by atomic mass is 31.0. The van der Waals surface area contributed by atoms with Crippen LogP contribution in [0, 0.1) is 0 Å². The summed E-state index contributed by atoms with van der Waals surface area (Å²) in [4.78, 5) is 0. The van der Waals surface area contributed by atoms with Gasteiger partial charge >= 0.3 is 0 Å². The van der Waals surface area contributed by atoms with Crippen LogP contribution in [-0.2, 0) is 17.0 Å². The molecule has 0 radical (unpaired) electrons. The lowest BCUT2D eigenvalue weighted by atomic mass is 9.69. The van der Waals surface area contributed by atoms with Gasteiger partial charge in [-0.3, -0.25) is 0 Å². The Morgan fingerprint density at radius 1 is 0.643 bits per heavy atom. The van der Waals surface area contributed by atoms with Gasteiger partial charge in [-0.05, 0) is 62.0 Å². The Bertz CT molecular complexity index is 940. The molecule has 3 rings (SSSR count). The molecule has 0 spiro atoms. The SMILES string of the molecule is CC(C)(C)c1c(CP)cc(-c2ccccc2)c(-c2ccccc2)c1C(C)(C)C. The molecule has 0 saturated heterocycles. The summed E-state index contributed by atoms with van der Waals surface area (Å²) < 4.78 is 0. The van der Waals surface area contributed by atoms with Gasteiger partial charge in [-0.25, -0.2) is 0 Å². The molecule has 0 saturated carbocycles. The molecule has 0 aliphatic heterocycles. The van der Waals surface area contributed by atoms with E-state index in [1.165, 1.54) is 38.9 Å².